The Morgan fingerprint density at radius 2 is 2.17 bits per heavy atom. The summed E-state index contributed by atoms with van der Waals surface area (Å²) >= 11 is 0. The van der Waals surface area contributed by atoms with Crippen LogP contribution in [-0.4, -0.2) is 70.2 Å². The van der Waals surface area contributed by atoms with Crippen LogP contribution in [0.25, 0.3) is 0 Å². The van der Waals surface area contributed by atoms with E-state index in [1.807, 2.05) is 0 Å². The molecular formula is C16H20N4O3. The molecule has 0 aromatic carbocycles. The van der Waals surface area contributed by atoms with E-state index in [9.17, 15) is 9.59 Å². The van der Waals surface area contributed by atoms with Crippen LogP contribution in [0.1, 0.15) is 23.2 Å². The van der Waals surface area contributed by atoms with Gasteiger partial charge in [0.1, 0.15) is 6.61 Å². The number of hydrogen-bond donors (Lipinski definition) is 0. The van der Waals surface area contributed by atoms with Gasteiger partial charge in [-0.05, 0) is 18.9 Å². The van der Waals surface area contributed by atoms with Crippen LogP contribution < -0.4 is 0 Å². The van der Waals surface area contributed by atoms with Gasteiger partial charge >= 0.3 is 0 Å². The highest BCUT2D eigenvalue weighted by molar-refractivity contribution is 5.93. The van der Waals surface area contributed by atoms with Crippen molar-refractivity contribution in [3.63, 3.8) is 0 Å². The lowest BCUT2D eigenvalue weighted by molar-refractivity contribution is -0.169. The van der Waals surface area contributed by atoms with E-state index in [4.69, 9.17) is 4.74 Å². The molecule has 2 aliphatic rings. The quantitative estimate of drug-likeness (QED) is 0.759. The summed E-state index contributed by atoms with van der Waals surface area (Å²) in [6, 6.07) is 1.67. The lowest BCUT2D eigenvalue weighted by Crippen LogP contribution is -2.59. The van der Waals surface area contributed by atoms with Crippen LogP contribution in [0.3, 0.4) is 0 Å². The molecule has 1 spiro atoms. The summed E-state index contributed by atoms with van der Waals surface area (Å²) in [6.07, 6.45) is 6.17. The van der Waals surface area contributed by atoms with Crippen molar-refractivity contribution in [1.29, 1.82) is 0 Å². The van der Waals surface area contributed by atoms with E-state index in [-0.39, 0.29) is 24.0 Å². The average molecular weight is 316 g/mol. The van der Waals surface area contributed by atoms with Crippen molar-refractivity contribution in [2.45, 2.75) is 18.4 Å². The number of piperidine rings is 1. The average Bonchev–Trinajstić information content (AvgIpc) is 2.59. The number of carbonyl (C=O) groups excluding carboxylic acids is 2. The summed E-state index contributed by atoms with van der Waals surface area (Å²) in [4.78, 5) is 27.9. The van der Waals surface area contributed by atoms with Gasteiger partial charge in [0.25, 0.3) is 5.91 Å². The standard InChI is InChI=1S/C16H20N4O3/c1-2-7-20-12-16(23-11-14(20)21)4-8-19(9-5-16)15(22)13-3-6-17-18-10-13/h2-3,6,10H,1,4-5,7-9,11-12H2. The van der Waals surface area contributed by atoms with Crippen molar-refractivity contribution in [3.05, 3.63) is 36.7 Å². The van der Waals surface area contributed by atoms with E-state index in [2.05, 4.69) is 16.8 Å². The summed E-state index contributed by atoms with van der Waals surface area (Å²) in [7, 11) is 0. The van der Waals surface area contributed by atoms with Gasteiger partial charge in [-0.25, -0.2) is 0 Å². The van der Waals surface area contributed by atoms with Crippen molar-refractivity contribution >= 4 is 11.8 Å². The third-order valence-electron chi connectivity index (χ3n) is 4.48. The monoisotopic (exact) mass is 316 g/mol. The minimum absolute atomic E-state index is 0.00288. The molecule has 0 N–H and O–H groups in total. The van der Waals surface area contributed by atoms with Gasteiger partial charge in [-0.2, -0.15) is 10.2 Å². The van der Waals surface area contributed by atoms with Gasteiger partial charge in [0.2, 0.25) is 5.91 Å². The molecule has 2 aliphatic heterocycles. The Balaban J connectivity index is 1.63. The molecule has 122 valence electrons. The molecule has 0 saturated carbocycles. The molecule has 7 heteroatoms. The van der Waals surface area contributed by atoms with Crippen LogP contribution in [0.2, 0.25) is 0 Å². The van der Waals surface area contributed by atoms with Crippen molar-refractivity contribution in [3.8, 4) is 0 Å². The second kappa shape index (κ2) is 6.45. The molecule has 3 heterocycles. The Morgan fingerprint density at radius 1 is 1.39 bits per heavy atom. The topological polar surface area (TPSA) is 75.6 Å². The van der Waals surface area contributed by atoms with Gasteiger partial charge in [-0.3, -0.25) is 9.59 Å². The molecule has 3 rings (SSSR count). The van der Waals surface area contributed by atoms with Crippen molar-refractivity contribution < 1.29 is 14.3 Å². The maximum absolute atomic E-state index is 12.4. The fourth-order valence-electron chi connectivity index (χ4n) is 3.13. The van der Waals surface area contributed by atoms with E-state index in [1.54, 1.807) is 21.9 Å². The van der Waals surface area contributed by atoms with Crippen molar-refractivity contribution in [1.82, 2.24) is 20.0 Å². The van der Waals surface area contributed by atoms with E-state index < -0.39 is 0 Å². The van der Waals surface area contributed by atoms with Crippen molar-refractivity contribution in [2.24, 2.45) is 0 Å². The van der Waals surface area contributed by atoms with Gasteiger partial charge in [-0.15, -0.1) is 6.58 Å². The molecule has 0 unspecified atom stereocenters. The zero-order chi connectivity index (χ0) is 16.3. The van der Waals surface area contributed by atoms with Crippen LogP contribution in [0.15, 0.2) is 31.1 Å². The zero-order valence-corrected chi connectivity index (χ0v) is 13.0. The SMILES string of the molecule is C=CCN1CC2(CCN(C(=O)c3ccnnc3)CC2)OCC1=O. The van der Waals surface area contributed by atoms with Gasteiger partial charge in [0, 0.05) is 19.6 Å². The Labute approximate surface area is 134 Å². The summed E-state index contributed by atoms with van der Waals surface area (Å²) in [5.41, 5.74) is 0.202. The number of rotatable bonds is 3. The summed E-state index contributed by atoms with van der Waals surface area (Å²) in [5.74, 6) is -0.0403. The van der Waals surface area contributed by atoms with Gasteiger partial charge < -0.3 is 14.5 Å². The molecule has 2 amide bonds. The zero-order valence-electron chi connectivity index (χ0n) is 13.0. The molecular weight excluding hydrogens is 296 g/mol. The fourth-order valence-corrected chi connectivity index (χ4v) is 3.13. The molecule has 0 atom stereocenters. The number of ether oxygens (including phenoxy) is 1. The number of aromatic nitrogens is 2. The van der Waals surface area contributed by atoms with Crippen LogP contribution in [0.5, 0.6) is 0 Å². The first-order chi connectivity index (χ1) is 11.1. The lowest BCUT2D eigenvalue weighted by Gasteiger charge is -2.46. The van der Waals surface area contributed by atoms with Gasteiger partial charge in [-0.1, -0.05) is 6.08 Å². The summed E-state index contributed by atoms with van der Waals surface area (Å²) < 4.78 is 5.84. The number of hydrogen-bond acceptors (Lipinski definition) is 5. The molecule has 0 bridgehead atoms. The predicted molar refractivity (Wildman–Crippen MR) is 82.6 cm³/mol. The molecule has 1 aromatic rings. The number of nitrogens with zero attached hydrogens (tertiary/aromatic N) is 4. The second-order valence-electron chi connectivity index (χ2n) is 5.96. The second-order valence-corrected chi connectivity index (χ2v) is 5.96. The van der Waals surface area contributed by atoms with Crippen LogP contribution in [0, 0.1) is 0 Å². The van der Waals surface area contributed by atoms with Crippen LogP contribution in [0.4, 0.5) is 0 Å². The fraction of sp³-hybridized carbons (Fsp3) is 0.500. The maximum Gasteiger partial charge on any atom is 0.255 e. The first-order valence-electron chi connectivity index (χ1n) is 7.72. The third-order valence-corrected chi connectivity index (χ3v) is 4.48. The van der Waals surface area contributed by atoms with E-state index in [0.717, 1.165) is 12.8 Å². The van der Waals surface area contributed by atoms with E-state index in [1.165, 1.54) is 12.4 Å². The first kappa shape index (κ1) is 15.6. The predicted octanol–water partition coefficient (Wildman–Crippen LogP) is 0.496. The third kappa shape index (κ3) is 3.24. The Morgan fingerprint density at radius 3 is 2.83 bits per heavy atom. The molecule has 7 nitrogen and oxygen atoms in total. The Kier molecular flexibility index (Phi) is 4.38. The molecule has 23 heavy (non-hydrogen) atoms. The first-order valence-corrected chi connectivity index (χ1v) is 7.72. The smallest absolute Gasteiger partial charge is 0.255 e. The number of carbonyl (C=O) groups is 2. The van der Waals surface area contributed by atoms with Crippen LogP contribution >= 0.6 is 0 Å². The normalized spacial score (nSPS) is 20.6. The van der Waals surface area contributed by atoms with Crippen molar-refractivity contribution in [2.75, 3.05) is 32.8 Å². The maximum atomic E-state index is 12.4. The molecule has 2 fully saturated rings. The Hall–Kier alpha value is -2.28. The highest BCUT2D eigenvalue weighted by atomic mass is 16.5. The van der Waals surface area contributed by atoms with E-state index >= 15 is 0 Å². The summed E-state index contributed by atoms with van der Waals surface area (Å²) in [6.45, 7) is 6.12. The van der Waals surface area contributed by atoms with Gasteiger partial charge in [0.15, 0.2) is 0 Å². The highest BCUT2D eigenvalue weighted by Gasteiger charge is 2.42. The molecule has 1 aromatic heterocycles. The minimum Gasteiger partial charge on any atom is -0.363 e. The number of likely N-dealkylation sites (tertiary alicyclic amines) is 1. The molecule has 2 saturated heterocycles. The number of morpholine rings is 1. The lowest BCUT2D eigenvalue weighted by atomic mass is 9.89. The minimum atomic E-state index is -0.343. The van der Waals surface area contributed by atoms with Gasteiger partial charge in [0.05, 0.1) is 30.1 Å². The largest absolute Gasteiger partial charge is 0.363 e. The summed E-state index contributed by atoms with van der Waals surface area (Å²) in [5, 5.41) is 7.43. The van der Waals surface area contributed by atoms with E-state index in [0.29, 0.717) is 31.7 Å². The molecule has 0 aliphatic carbocycles. The highest BCUT2D eigenvalue weighted by Crippen LogP contribution is 2.31. The number of amides is 2. The molecule has 0 radical (unpaired) electrons. The van der Waals surface area contributed by atoms with Crippen LogP contribution in [-0.2, 0) is 9.53 Å². The Bertz CT molecular complexity index is 597.